The number of aromatic nitrogens is 1. The number of nitrogens with zero attached hydrogens (tertiary/aromatic N) is 3. The number of anilines is 1. The molecule has 1 heterocycles. The summed E-state index contributed by atoms with van der Waals surface area (Å²) >= 11 is 6.08. The maximum Gasteiger partial charge on any atom is 0.128 e. The molecular formula is C12H21ClN4. The molecule has 0 saturated carbocycles. The molecule has 1 rings (SSSR count). The Labute approximate surface area is 109 Å². The largest absolute Gasteiger partial charge is 0.358 e. The standard InChI is InChI=1S/C12H21ClN4/c1-14-9-11-10(13)5-6-12(15-11)17(4)8-7-16(2)3/h5-6,14H,7-9H2,1-4H3. The normalized spacial score (nSPS) is 10.9. The van der Waals surface area contributed by atoms with E-state index in [1.165, 1.54) is 0 Å². The summed E-state index contributed by atoms with van der Waals surface area (Å²) in [6.07, 6.45) is 0. The Kier molecular flexibility index (Phi) is 5.68. The number of hydrogen-bond donors (Lipinski definition) is 1. The molecule has 4 nitrogen and oxygen atoms in total. The molecule has 0 aromatic carbocycles. The Bertz CT molecular complexity index is 354. The maximum absolute atomic E-state index is 6.08. The van der Waals surface area contributed by atoms with Gasteiger partial charge in [-0.25, -0.2) is 4.98 Å². The summed E-state index contributed by atoms with van der Waals surface area (Å²) < 4.78 is 0. The Morgan fingerprint density at radius 1 is 1.24 bits per heavy atom. The average molecular weight is 257 g/mol. The fraction of sp³-hybridized carbons (Fsp3) is 0.583. The quantitative estimate of drug-likeness (QED) is 0.835. The molecule has 17 heavy (non-hydrogen) atoms. The van der Waals surface area contributed by atoms with Crippen molar-refractivity contribution in [2.75, 3.05) is 46.2 Å². The van der Waals surface area contributed by atoms with Gasteiger partial charge < -0.3 is 15.1 Å². The van der Waals surface area contributed by atoms with Crippen LogP contribution in [0.15, 0.2) is 12.1 Å². The molecule has 0 aliphatic carbocycles. The van der Waals surface area contributed by atoms with Crippen molar-refractivity contribution in [2.45, 2.75) is 6.54 Å². The van der Waals surface area contributed by atoms with Crippen molar-refractivity contribution in [1.82, 2.24) is 15.2 Å². The second-order valence-corrected chi connectivity index (χ2v) is 4.76. The number of nitrogens with one attached hydrogen (secondary N) is 1. The highest BCUT2D eigenvalue weighted by atomic mass is 35.5. The van der Waals surface area contributed by atoms with E-state index < -0.39 is 0 Å². The zero-order valence-corrected chi connectivity index (χ0v) is 11.8. The minimum atomic E-state index is 0.689. The topological polar surface area (TPSA) is 31.4 Å². The molecule has 0 aliphatic rings. The number of likely N-dealkylation sites (N-methyl/N-ethyl adjacent to an activating group) is 2. The molecular weight excluding hydrogens is 236 g/mol. The van der Waals surface area contributed by atoms with Gasteiger partial charge in [-0.3, -0.25) is 0 Å². The molecule has 0 aliphatic heterocycles. The molecule has 1 N–H and O–H groups in total. The highest BCUT2D eigenvalue weighted by molar-refractivity contribution is 6.31. The summed E-state index contributed by atoms with van der Waals surface area (Å²) in [7, 11) is 8.06. The summed E-state index contributed by atoms with van der Waals surface area (Å²) in [5, 5.41) is 3.78. The van der Waals surface area contributed by atoms with E-state index in [0.29, 0.717) is 11.6 Å². The number of halogens is 1. The van der Waals surface area contributed by atoms with Crippen molar-refractivity contribution in [3.8, 4) is 0 Å². The van der Waals surface area contributed by atoms with E-state index >= 15 is 0 Å². The van der Waals surface area contributed by atoms with Crippen molar-refractivity contribution in [3.05, 3.63) is 22.8 Å². The van der Waals surface area contributed by atoms with Crippen LogP contribution in [0.4, 0.5) is 5.82 Å². The first-order chi connectivity index (χ1) is 8.04. The van der Waals surface area contributed by atoms with Gasteiger partial charge in [-0.05, 0) is 33.3 Å². The lowest BCUT2D eigenvalue weighted by Gasteiger charge is -2.21. The van der Waals surface area contributed by atoms with Crippen molar-refractivity contribution in [1.29, 1.82) is 0 Å². The van der Waals surface area contributed by atoms with Gasteiger partial charge in [0.2, 0.25) is 0 Å². The fourth-order valence-electron chi connectivity index (χ4n) is 1.44. The number of rotatable bonds is 6. The van der Waals surface area contributed by atoms with E-state index in [4.69, 9.17) is 11.6 Å². The van der Waals surface area contributed by atoms with Crippen LogP contribution in [-0.2, 0) is 6.54 Å². The summed E-state index contributed by atoms with van der Waals surface area (Å²) in [5.41, 5.74) is 0.892. The SMILES string of the molecule is CNCc1nc(N(C)CCN(C)C)ccc1Cl. The predicted molar refractivity (Wildman–Crippen MR) is 73.8 cm³/mol. The molecule has 0 saturated heterocycles. The third-order valence-corrected chi connectivity index (χ3v) is 2.87. The van der Waals surface area contributed by atoms with E-state index in [0.717, 1.165) is 24.6 Å². The minimum Gasteiger partial charge on any atom is -0.358 e. The first-order valence-electron chi connectivity index (χ1n) is 5.70. The molecule has 1 aromatic heterocycles. The van der Waals surface area contributed by atoms with Crippen LogP contribution in [0.25, 0.3) is 0 Å². The van der Waals surface area contributed by atoms with E-state index in [1.54, 1.807) is 0 Å². The highest BCUT2D eigenvalue weighted by Gasteiger charge is 2.07. The lowest BCUT2D eigenvalue weighted by Crippen LogP contribution is -2.29. The predicted octanol–water partition coefficient (Wildman–Crippen LogP) is 1.45. The van der Waals surface area contributed by atoms with Gasteiger partial charge in [-0.1, -0.05) is 11.6 Å². The average Bonchev–Trinajstić information content (AvgIpc) is 2.29. The molecule has 0 fully saturated rings. The Hall–Kier alpha value is -0.840. The van der Waals surface area contributed by atoms with Gasteiger partial charge in [0.1, 0.15) is 5.82 Å². The van der Waals surface area contributed by atoms with Crippen molar-refractivity contribution >= 4 is 17.4 Å². The van der Waals surface area contributed by atoms with Gasteiger partial charge in [0.15, 0.2) is 0 Å². The summed E-state index contributed by atoms with van der Waals surface area (Å²) in [6.45, 7) is 2.64. The first-order valence-corrected chi connectivity index (χ1v) is 6.08. The Morgan fingerprint density at radius 2 is 1.94 bits per heavy atom. The highest BCUT2D eigenvalue weighted by Crippen LogP contribution is 2.18. The molecule has 1 aromatic rings. The third-order valence-electron chi connectivity index (χ3n) is 2.52. The molecule has 0 radical (unpaired) electrons. The van der Waals surface area contributed by atoms with Gasteiger partial charge in [0.25, 0.3) is 0 Å². The second kappa shape index (κ2) is 6.79. The van der Waals surface area contributed by atoms with Gasteiger partial charge in [0.05, 0.1) is 10.7 Å². The maximum atomic E-state index is 6.08. The van der Waals surface area contributed by atoms with Crippen LogP contribution in [0.1, 0.15) is 5.69 Å². The fourth-order valence-corrected chi connectivity index (χ4v) is 1.61. The van der Waals surface area contributed by atoms with E-state index in [1.807, 2.05) is 26.2 Å². The van der Waals surface area contributed by atoms with Gasteiger partial charge in [-0.2, -0.15) is 0 Å². The van der Waals surface area contributed by atoms with E-state index in [9.17, 15) is 0 Å². The van der Waals surface area contributed by atoms with Crippen LogP contribution >= 0.6 is 11.6 Å². The molecule has 0 amide bonds. The smallest absolute Gasteiger partial charge is 0.128 e. The Balaban J connectivity index is 2.73. The Morgan fingerprint density at radius 3 is 2.53 bits per heavy atom. The van der Waals surface area contributed by atoms with Crippen LogP contribution in [0.2, 0.25) is 5.02 Å². The summed E-state index contributed by atoms with van der Waals surface area (Å²) in [5.74, 6) is 0.960. The molecule has 5 heteroatoms. The van der Waals surface area contributed by atoms with Gasteiger partial charge >= 0.3 is 0 Å². The van der Waals surface area contributed by atoms with Crippen LogP contribution in [0.5, 0.6) is 0 Å². The van der Waals surface area contributed by atoms with E-state index in [2.05, 4.69) is 34.2 Å². The van der Waals surface area contributed by atoms with Crippen LogP contribution in [0.3, 0.4) is 0 Å². The number of pyridine rings is 1. The molecule has 96 valence electrons. The lowest BCUT2D eigenvalue weighted by molar-refractivity contribution is 0.416. The minimum absolute atomic E-state index is 0.689. The van der Waals surface area contributed by atoms with Gasteiger partial charge in [-0.15, -0.1) is 0 Å². The summed E-state index contributed by atoms with van der Waals surface area (Å²) in [6, 6.07) is 3.86. The summed E-state index contributed by atoms with van der Waals surface area (Å²) in [4.78, 5) is 8.84. The molecule has 0 spiro atoms. The lowest BCUT2D eigenvalue weighted by atomic mass is 10.3. The monoisotopic (exact) mass is 256 g/mol. The van der Waals surface area contributed by atoms with Gasteiger partial charge in [0, 0.05) is 26.7 Å². The molecule has 0 atom stereocenters. The molecule has 0 unspecified atom stereocenters. The van der Waals surface area contributed by atoms with Crippen LogP contribution < -0.4 is 10.2 Å². The molecule has 0 bridgehead atoms. The van der Waals surface area contributed by atoms with Crippen LogP contribution in [0, 0.1) is 0 Å². The third kappa shape index (κ3) is 4.50. The van der Waals surface area contributed by atoms with E-state index in [-0.39, 0.29) is 0 Å². The zero-order chi connectivity index (χ0) is 12.8. The van der Waals surface area contributed by atoms with Crippen molar-refractivity contribution in [3.63, 3.8) is 0 Å². The van der Waals surface area contributed by atoms with Crippen molar-refractivity contribution < 1.29 is 0 Å². The second-order valence-electron chi connectivity index (χ2n) is 4.35. The zero-order valence-electron chi connectivity index (χ0n) is 11.0. The first kappa shape index (κ1) is 14.2. The van der Waals surface area contributed by atoms with Crippen LogP contribution in [-0.4, -0.2) is 51.2 Å². The number of hydrogen-bond acceptors (Lipinski definition) is 4. The van der Waals surface area contributed by atoms with Crippen molar-refractivity contribution in [2.24, 2.45) is 0 Å².